The summed E-state index contributed by atoms with van der Waals surface area (Å²) in [5, 5.41) is 6.49. The first-order chi connectivity index (χ1) is 8.38. The second kappa shape index (κ2) is 4.51. The van der Waals surface area contributed by atoms with Crippen LogP contribution in [0.5, 0.6) is 0 Å². The molecule has 2 rings (SSSR count). The highest BCUT2D eigenvalue weighted by Gasteiger charge is 2.19. The van der Waals surface area contributed by atoms with Gasteiger partial charge in [0.1, 0.15) is 4.90 Å². The van der Waals surface area contributed by atoms with E-state index < -0.39 is 10.0 Å². The molecular weight excluding hydrogens is 276 g/mol. The second-order valence-electron chi connectivity index (χ2n) is 3.73. The number of nitrogens with one attached hydrogen (secondary N) is 2. The normalized spacial score (nSPS) is 11.4. The van der Waals surface area contributed by atoms with Crippen molar-refractivity contribution in [1.29, 1.82) is 0 Å². The lowest BCUT2D eigenvalue weighted by atomic mass is 10.3. The van der Waals surface area contributed by atoms with E-state index in [-0.39, 0.29) is 15.7 Å². The van der Waals surface area contributed by atoms with Gasteiger partial charge < -0.3 is 5.73 Å². The first kappa shape index (κ1) is 12.7. The van der Waals surface area contributed by atoms with Crippen molar-refractivity contribution < 1.29 is 8.42 Å². The Hall–Kier alpha value is -1.73. The molecule has 6 nitrogen and oxygen atoms in total. The van der Waals surface area contributed by atoms with Gasteiger partial charge in [0.25, 0.3) is 10.0 Å². The molecule has 0 aliphatic rings. The lowest BCUT2D eigenvalue weighted by Crippen LogP contribution is -2.13. The van der Waals surface area contributed by atoms with Crippen molar-refractivity contribution in [2.24, 2.45) is 0 Å². The van der Waals surface area contributed by atoms with E-state index >= 15 is 0 Å². The Morgan fingerprint density at radius 3 is 2.67 bits per heavy atom. The molecule has 96 valence electrons. The van der Waals surface area contributed by atoms with E-state index in [1.807, 2.05) is 0 Å². The molecule has 18 heavy (non-hydrogen) atoms. The molecule has 0 bridgehead atoms. The lowest BCUT2D eigenvalue weighted by molar-refractivity contribution is 0.601. The Labute approximate surface area is 109 Å². The average Bonchev–Trinajstić information content (AvgIpc) is 2.62. The Kier molecular flexibility index (Phi) is 3.18. The Morgan fingerprint density at radius 1 is 1.39 bits per heavy atom. The van der Waals surface area contributed by atoms with Gasteiger partial charge in [0, 0.05) is 17.4 Å². The molecule has 1 aromatic heterocycles. The van der Waals surface area contributed by atoms with E-state index in [0.29, 0.717) is 5.69 Å². The van der Waals surface area contributed by atoms with Crippen LogP contribution in [-0.4, -0.2) is 18.6 Å². The number of nitrogens with zero attached hydrogens (tertiary/aromatic N) is 1. The molecule has 1 aromatic carbocycles. The molecule has 0 amide bonds. The van der Waals surface area contributed by atoms with Crippen LogP contribution in [0.25, 0.3) is 0 Å². The number of sulfonamides is 1. The molecule has 0 saturated carbocycles. The highest BCUT2D eigenvalue weighted by atomic mass is 35.5. The van der Waals surface area contributed by atoms with Crippen LogP contribution < -0.4 is 10.5 Å². The zero-order valence-electron chi connectivity index (χ0n) is 9.44. The maximum absolute atomic E-state index is 12.1. The van der Waals surface area contributed by atoms with Crippen molar-refractivity contribution in [3.63, 3.8) is 0 Å². The third kappa shape index (κ3) is 2.57. The van der Waals surface area contributed by atoms with E-state index in [9.17, 15) is 8.42 Å². The van der Waals surface area contributed by atoms with Gasteiger partial charge in [-0.05, 0) is 25.1 Å². The number of nitrogen functional groups attached to an aromatic ring is 1. The summed E-state index contributed by atoms with van der Waals surface area (Å²) in [5.74, 6) is 0.209. The van der Waals surface area contributed by atoms with Crippen LogP contribution in [0.2, 0.25) is 5.02 Å². The Morgan fingerprint density at radius 2 is 2.11 bits per heavy atom. The van der Waals surface area contributed by atoms with E-state index in [2.05, 4.69) is 14.9 Å². The minimum Gasteiger partial charge on any atom is -0.399 e. The standard InChI is InChI=1S/C10H11ClN4O2S/c1-6-4-10(14-13-6)15-18(16,17)9-3-2-7(12)5-8(9)11/h2-5H,12H2,1H3,(H2,13,14,15). The van der Waals surface area contributed by atoms with Gasteiger partial charge in [0.15, 0.2) is 5.82 Å². The number of aryl methyl sites for hydroxylation is 1. The Bertz CT molecular complexity index is 681. The first-order valence-electron chi connectivity index (χ1n) is 4.98. The van der Waals surface area contributed by atoms with Crippen LogP contribution in [-0.2, 0) is 10.0 Å². The molecule has 4 N–H and O–H groups in total. The summed E-state index contributed by atoms with van der Waals surface area (Å²) >= 11 is 5.86. The highest BCUT2D eigenvalue weighted by molar-refractivity contribution is 7.92. The molecular formula is C10H11ClN4O2S. The van der Waals surface area contributed by atoms with Gasteiger partial charge in [-0.25, -0.2) is 8.42 Å². The number of aromatic nitrogens is 2. The number of benzene rings is 1. The number of H-pyrrole nitrogens is 1. The predicted molar refractivity (Wildman–Crippen MR) is 70.0 cm³/mol. The SMILES string of the molecule is Cc1cc(NS(=O)(=O)c2ccc(N)cc2Cl)n[nH]1. The number of nitrogens with two attached hydrogens (primary N) is 1. The van der Waals surface area contributed by atoms with Gasteiger partial charge in [-0.1, -0.05) is 11.6 Å². The fraction of sp³-hybridized carbons (Fsp3) is 0.100. The Balaban J connectivity index is 2.36. The number of anilines is 2. The summed E-state index contributed by atoms with van der Waals surface area (Å²) in [4.78, 5) is -0.0426. The minimum absolute atomic E-state index is 0.0426. The second-order valence-corrected chi connectivity index (χ2v) is 5.79. The molecule has 0 atom stereocenters. The molecule has 2 aromatic rings. The maximum Gasteiger partial charge on any atom is 0.264 e. The van der Waals surface area contributed by atoms with Crippen molar-refractivity contribution >= 4 is 33.1 Å². The summed E-state index contributed by atoms with van der Waals surface area (Å²) in [7, 11) is -3.77. The number of hydrogen-bond donors (Lipinski definition) is 3. The zero-order chi connectivity index (χ0) is 13.3. The summed E-state index contributed by atoms with van der Waals surface area (Å²) in [5.41, 5.74) is 6.65. The fourth-order valence-corrected chi connectivity index (χ4v) is 2.94. The van der Waals surface area contributed by atoms with Crippen LogP contribution >= 0.6 is 11.6 Å². The van der Waals surface area contributed by atoms with Gasteiger partial charge >= 0.3 is 0 Å². The lowest BCUT2D eigenvalue weighted by Gasteiger charge is -2.07. The molecule has 0 unspecified atom stereocenters. The van der Waals surface area contributed by atoms with Crippen molar-refractivity contribution in [2.75, 3.05) is 10.5 Å². The molecule has 1 heterocycles. The molecule has 0 aliphatic carbocycles. The number of rotatable bonds is 3. The van der Waals surface area contributed by atoms with Crippen molar-refractivity contribution in [1.82, 2.24) is 10.2 Å². The van der Waals surface area contributed by atoms with Gasteiger partial charge in [-0.2, -0.15) is 5.10 Å². The van der Waals surface area contributed by atoms with E-state index in [0.717, 1.165) is 5.69 Å². The molecule has 0 fully saturated rings. The number of hydrogen-bond acceptors (Lipinski definition) is 4. The van der Waals surface area contributed by atoms with Gasteiger partial charge in [-0.3, -0.25) is 9.82 Å². The molecule has 8 heteroatoms. The zero-order valence-corrected chi connectivity index (χ0v) is 11.0. The third-order valence-electron chi connectivity index (χ3n) is 2.19. The summed E-state index contributed by atoms with van der Waals surface area (Å²) in [6, 6.07) is 5.77. The van der Waals surface area contributed by atoms with Crippen LogP contribution in [0.3, 0.4) is 0 Å². The quantitative estimate of drug-likeness (QED) is 0.748. The monoisotopic (exact) mass is 286 g/mol. The molecule has 0 spiro atoms. The number of halogens is 1. The topological polar surface area (TPSA) is 101 Å². The van der Waals surface area contributed by atoms with Gasteiger partial charge in [0.2, 0.25) is 0 Å². The summed E-state index contributed by atoms with van der Waals surface area (Å²) < 4.78 is 26.4. The highest BCUT2D eigenvalue weighted by Crippen LogP contribution is 2.25. The maximum atomic E-state index is 12.1. The van der Waals surface area contributed by atoms with E-state index in [1.54, 1.807) is 13.0 Å². The molecule has 0 radical (unpaired) electrons. The van der Waals surface area contributed by atoms with E-state index in [1.165, 1.54) is 18.2 Å². The van der Waals surface area contributed by atoms with Crippen LogP contribution in [0.4, 0.5) is 11.5 Å². The van der Waals surface area contributed by atoms with Crippen LogP contribution in [0.15, 0.2) is 29.2 Å². The molecule has 0 aliphatic heterocycles. The van der Waals surface area contributed by atoms with Gasteiger partial charge in [0.05, 0.1) is 5.02 Å². The average molecular weight is 287 g/mol. The van der Waals surface area contributed by atoms with Crippen LogP contribution in [0, 0.1) is 6.92 Å². The minimum atomic E-state index is -3.77. The van der Waals surface area contributed by atoms with Gasteiger partial charge in [-0.15, -0.1) is 0 Å². The number of aromatic amines is 1. The van der Waals surface area contributed by atoms with Crippen molar-refractivity contribution in [2.45, 2.75) is 11.8 Å². The smallest absolute Gasteiger partial charge is 0.264 e. The van der Waals surface area contributed by atoms with Crippen molar-refractivity contribution in [3.8, 4) is 0 Å². The largest absolute Gasteiger partial charge is 0.399 e. The summed E-state index contributed by atoms with van der Waals surface area (Å²) in [6.45, 7) is 1.76. The molecule has 0 saturated heterocycles. The first-order valence-corrected chi connectivity index (χ1v) is 6.84. The third-order valence-corrected chi connectivity index (χ3v) is 4.03. The fourth-order valence-electron chi connectivity index (χ4n) is 1.40. The van der Waals surface area contributed by atoms with Crippen molar-refractivity contribution in [3.05, 3.63) is 35.0 Å². The summed E-state index contributed by atoms with van der Waals surface area (Å²) in [6.07, 6.45) is 0. The van der Waals surface area contributed by atoms with E-state index in [4.69, 9.17) is 17.3 Å². The van der Waals surface area contributed by atoms with Crippen LogP contribution in [0.1, 0.15) is 5.69 Å². The predicted octanol–water partition coefficient (Wildman–Crippen LogP) is 1.75.